The van der Waals surface area contributed by atoms with Gasteiger partial charge in [0.1, 0.15) is 5.82 Å². The maximum atomic E-state index is 14.8. The van der Waals surface area contributed by atoms with Crippen LogP contribution >= 0.6 is 0 Å². The molecule has 6 heterocycles. The van der Waals surface area contributed by atoms with E-state index in [4.69, 9.17) is 9.47 Å². The predicted octanol–water partition coefficient (Wildman–Crippen LogP) is 4.22. The van der Waals surface area contributed by atoms with E-state index in [1.54, 1.807) is 13.2 Å². The smallest absolute Gasteiger partial charge is 0.225 e. The molecule has 7 rings (SSSR count). The zero-order chi connectivity index (χ0) is 25.2. The van der Waals surface area contributed by atoms with Crippen molar-refractivity contribution in [1.29, 1.82) is 0 Å². The Balaban J connectivity index is 1.08. The van der Waals surface area contributed by atoms with Crippen molar-refractivity contribution in [3.63, 3.8) is 0 Å². The fourth-order valence-electron chi connectivity index (χ4n) is 6.18. The van der Waals surface area contributed by atoms with E-state index in [1.807, 2.05) is 18.5 Å². The first-order valence-corrected chi connectivity index (χ1v) is 13.5. The summed E-state index contributed by atoms with van der Waals surface area (Å²) in [4.78, 5) is 20.2. The highest BCUT2D eigenvalue weighted by Crippen LogP contribution is 2.40. The molecule has 0 amide bonds. The molecule has 8 nitrogen and oxygen atoms in total. The van der Waals surface area contributed by atoms with Gasteiger partial charge in [-0.1, -0.05) is 0 Å². The number of methoxy groups -OCH3 is 1. The molecular formula is C28H35FN6O2. The first kappa shape index (κ1) is 24.4. The van der Waals surface area contributed by atoms with E-state index in [0.29, 0.717) is 41.4 Å². The fourth-order valence-corrected chi connectivity index (χ4v) is 6.18. The molecule has 0 aromatic carbocycles. The molecule has 2 bridgehead atoms. The molecule has 9 heteroatoms. The lowest BCUT2D eigenvalue weighted by Gasteiger charge is -2.38. The van der Waals surface area contributed by atoms with Crippen molar-refractivity contribution < 1.29 is 13.9 Å². The summed E-state index contributed by atoms with van der Waals surface area (Å²) in [5.74, 6) is 1.40. The van der Waals surface area contributed by atoms with Crippen LogP contribution in [0.25, 0.3) is 11.0 Å². The number of fused-ring (bicyclic) bond motifs is 5. The van der Waals surface area contributed by atoms with Crippen LogP contribution in [0.3, 0.4) is 0 Å². The van der Waals surface area contributed by atoms with Crippen molar-refractivity contribution in [2.75, 3.05) is 31.7 Å². The van der Waals surface area contributed by atoms with Crippen LogP contribution in [0, 0.1) is 11.7 Å². The summed E-state index contributed by atoms with van der Waals surface area (Å²) < 4.78 is 26.5. The molecule has 3 saturated heterocycles. The van der Waals surface area contributed by atoms with Gasteiger partial charge in [-0.2, -0.15) is 0 Å². The average Bonchev–Trinajstić information content (AvgIpc) is 3.36. The molecule has 3 unspecified atom stereocenters. The molecule has 3 atom stereocenters. The van der Waals surface area contributed by atoms with Gasteiger partial charge >= 0.3 is 0 Å². The summed E-state index contributed by atoms with van der Waals surface area (Å²) in [6, 6.07) is 3.59. The van der Waals surface area contributed by atoms with Crippen molar-refractivity contribution in [3.8, 4) is 5.88 Å². The lowest BCUT2D eigenvalue weighted by molar-refractivity contribution is -0.0453. The van der Waals surface area contributed by atoms with E-state index >= 15 is 0 Å². The van der Waals surface area contributed by atoms with Crippen molar-refractivity contribution in [2.24, 2.45) is 5.92 Å². The van der Waals surface area contributed by atoms with Gasteiger partial charge in [0.2, 0.25) is 11.8 Å². The lowest BCUT2D eigenvalue weighted by Crippen LogP contribution is -2.51. The Morgan fingerprint density at radius 3 is 2.68 bits per heavy atom. The van der Waals surface area contributed by atoms with Crippen molar-refractivity contribution in [3.05, 3.63) is 47.7 Å². The highest BCUT2D eigenvalue weighted by molar-refractivity contribution is 5.78. The number of ether oxygens (including phenoxy) is 2. The van der Waals surface area contributed by atoms with Gasteiger partial charge in [-0.25, -0.2) is 19.3 Å². The van der Waals surface area contributed by atoms with Gasteiger partial charge in [0.25, 0.3) is 0 Å². The highest BCUT2D eigenvalue weighted by Gasteiger charge is 2.42. The number of hydrogen-bond acceptors (Lipinski definition) is 8. The minimum Gasteiger partial charge on any atom is -0.481 e. The van der Waals surface area contributed by atoms with E-state index in [-0.39, 0.29) is 17.5 Å². The van der Waals surface area contributed by atoms with Gasteiger partial charge in [0.05, 0.1) is 37.1 Å². The number of rotatable bonds is 8. The number of halogens is 1. The minimum absolute atomic E-state index is 0.0254. The van der Waals surface area contributed by atoms with Crippen LogP contribution in [0.5, 0.6) is 5.88 Å². The summed E-state index contributed by atoms with van der Waals surface area (Å²) in [6.45, 7) is 3.55. The van der Waals surface area contributed by atoms with Gasteiger partial charge in [-0.3, -0.25) is 4.98 Å². The van der Waals surface area contributed by atoms with Gasteiger partial charge in [0, 0.05) is 54.8 Å². The summed E-state index contributed by atoms with van der Waals surface area (Å²) in [7, 11) is 1.57. The Bertz CT molecular complexity index is 1230. The van der Waals surface area contributed by atoms with E-state index in [0.717, 1.165) is 63.3 Å². The van der Waals surface area contributed by atoms with E-state index in [2.05, 4.69) is 30.2 Å². The molecule has 3 aromatic heterocycles. The Hall–Kier alpha value is -2.91. The van der Waals surface area contributed by atoms with Crippen LogP contribution in [0.1, 0.15) is 56.1 Å². The summed E-state index contributed by atoms with van der Waals surface area (Å²) in [5, 5.41) is 3.80. The second-order valence-electron chi connectivity index (χ2n) is 10.8. The van der Waals surface area contributed by atoms with Crippen LogP contribution in [0.4, 0.5) is 10.3 Å². The van der Waals surface area contributed by atoms with Crippen molar-refractivity contribution in [1.82, 2.24) is 25.3 Å². The number of anilines is 1. The van der Waals surface area contributed by atoms with Crippen LogP contribution in [-0.4, -0.2) is 58.4 Å². The average molecular weight is 507 g/mol. The topological polar surface area (TPSA) is 85.3 Å². The van der Waals surface area contributed by atoms with Crippen LogP contribution < -0.4 is 15.0 Å². The Morgan fingerprint density at radius 1 is 1.11 bits per heavy atom. The Labute approximate surface area is 217 Å². The van der Waals surface area contributed by atoms with Crippen molar-refractivity contribution in [2.45, 2.75) is 69.6 Å². The minimum atomic E-state index is -0.303. The van der Waals surface area contributed by atoms with Gasteiger partial charge in [0.15, 0.2) is 0 Å². The lowest BCUT2D eigenvalue weighted by atomic mass is 9.89. The summed E-state index contributed by atoms with van der Waals surface area (Å²) in [5.41, 5.74) is 2.98. The molecule has 4 aliphatic rings. The molecule has 0 spiro atoms. The number of aryl methyl sites for hydroxylation is 1. The molecule has 3 aliphatic heterocycles. The quantitative estimate of drug-likeness (QED) is 0.486. The third-order valence-corrected chi connectivity index (χ3v) is 8.46. The van der Waals surface area contributed by atoms with Gasteiger partial charge in [-0.05, 0) is 63.4 Å². The molecule has 3 aromatic rings. The maximum Gasteiger partial charge on any atom is 0.225 e. The fraction of sp³-hybridized carbons (Fsp3) is 0.571. The van der Waals surface area contributed by atoms with E-state index in [9.17, 15) is 4.39 Å². The van der Waals surface area contributed by atoms with Gasteiger partial charge in [-0.15, -0.1) is 0 Å². The number of pyridine rings is 2. The van der Waals surface area contributed by atoms with Gasteiger partial charge < -0.3 is 19.7 Å². The van der Waals surface area contributed by atoms with E-state index in [1.165, 1.54) is 19.0 Å². The summed E-state index contributed by atoms with van der Waals surface area (Å²) >= 11 is 0. The third kappa shape index (κ3) is 5.11. The molecule has 0 radical (unpaired) electrons. The number of nitrogens with one attached hydrogen (secondary N) is 1. The molecule has 1 N–H and O–H groups in total. The SMILES string of the molecule is COc1ccc2ncc(F)c(CCC3CCC4(NCc5cnc(N6CCCC6)nc5)CCC3OC4)c2n1. The zero-order valence-electron chi connectivity index (χ0n) is 21.5. The predicted molar refractivity (Wildman–Crippen MR) is 139 cm³/mol. The number of aromatic nitrogens is 4. The first-order valence-electron chi connectivity index (χ1n) is 13.5. The number of nitrogens with zero attached hydrogens (tertiary/aromatic N) is 5. The first-order chi connectivity index (χ1) is 18.1. The molecule has 37 heavy (non-hydrogen) atoms. The highest BCUT2D eigenvalue weighted by atomic mass is 19.1. The number of hydrogen-bond donors (Lipinski definition) is 1. The summed E-state index contributed by atoms with van der Waals surface area (Å²) in [6.07, 6.45) is 13.6. The third-order valence-electron chi connectivity index (χ3n) is 8.46. The largest absolute Gasteiger partial charge is 0.481 e. The normalized spacial score (nSPS) is 25.5. The monoisotopic (exact) mass is 506 g/mol. The maximum absolute atomic E-state index is 14.8. The van der Waals surface area contributed by atoms with Crippen molar-refractivity contribution >= 4 is 17.0 Å². The molecular weight excluding hydrogens is 471 g/mol. The molecule has 4 fully saturated rings. The second kappa shape index (κ2) is 10.5. The van der Waals surface area contributed by atoms with Crippen LogP contribution in [-0.2, 0) is 17.7 Å². The zero-order valence-corrected chi connectivity index (χ0v) is 21.5. The molecule has 196 valence electrons. The van der Waals surface area contributed by atoms with E-state index < -0.39 is 0 Å². The standard InChI is InChI=1S/C28H35FN6O2/c1-36-25-7-6-23-26(34-25)21(22(29)17-30-23)5-4-20-8-10-28(11-9-24(20)37-18-28)33-16-19-14-31-27(32-15-19)35-12-2-3-13-35/h6-7,14-15,17,20,24,33H,2-5,8-13,16,18H2,1H3. The van der Waals surface area contributed by atoms with Crippen LogP contribution in [0.2, 0.25) is 0 Å². The Morgan fingerprint density at radius 2 is 1.92 bits per heavy atom. The molecule has 1 aliphatic carbocycles. The Kier molecular flexibility index (Phi) is 6.90. The second-order valence-corrected chi connectivity index (χ2v) is 10.8. The van der Waals surface area contributed by atoms with Crippen LogP contribution in [0.15, 0.2) is 30.7 Å². The molecule has 1 saturated carbocycles.